The van der Waals surface area contributed by atoms with Crippen molar-refractivity contribution >= 4 is 34.8 Å². The number of amides is 1. The number of nitrogens with one attached hydrogen (secondary N) is 1. The SMILES string of the molecule is Cc1nc(NC(=O)CC(C)N)sc1Cc1cccc(F)c1.Cl. The van der Waals surface area contributed by atoms with Crippen molar-refractivity contribution in [2.75, 3.05) is 5.32 Å². The second kappa shape index (κ2) is 8.22. The second-order valence-electron chi connectivity index (χ2n) is 5.06. The summed E-state index contributed by atoms with van der Waals surface area (Å²) >= 11 is 1.41. The van der Waals surface area contributed by atoms with Crippen molar-refractivity contribution in [3.63, 3.8) is 0 Å². The van der Waals surface area contributed by atoms with Crippen LogP contribution in [0.25, 0.3) is 0 Å². The number of thiazole rings is 1. The molecular formula is C15H19ClFN3OS. The van der Waals surface area contributed by atoms with Gasteiger partial charge < -0.3 is 11.1 Å². The van der Waals surface area contributed by atoms with Gasteiger partial charge >= 0.3 is 0 Å². The zero-order valence-electron chi connectivity index (χ0n) is 12.4. The van der Waals surface area contributed by atoms with Gasteiger partial charge in [-0.15, -0.1) is 23.7 Å². The zero-order valence-corrected chi connectivity index (χ0v) is 14.1. The van der Waals surface area contributed by atoms with Crippen molar-refractivity contribution in [3.05, 3.63) is 46.2 Å². The van der Waals surface area contributed by atoms with Gasteiger partial charge in [0.25, 0.3) is 0 Å². The summed E-state index contributed by atoms with van der Waals surface area (Å²) in [4.78, 5) is 17.0. The van der Waals surface area contributed by atoms with Crippen molar-refractivity contribution < 1.29 is 9.18 Å². The first-order chi connectivity index (χ1) is 9.94. The van der Waals surface area contributed by atoms with Crippen LogP contribution in [0.15, 0.2) is 24.3 Å². The highest BCUT2D eigenvalue weighted by Gasteiger charge is 2.12. The van der Waals surface area contributed by atoms with E-state index in [2.05, 4.69) is 10.3 Å². The van der Waals surface area contributed by atoms with Crippen molar-refractivity contribution in [3.8, 4) is 0 Å². The number of hydrogen-bond acceptors (Lipinski definition) is 4. The third-order valence-corrected chi connectivity index (χ3v) is 3.97. The number of aryl methyl sites for hydroxylation is 1. The molecule has 0 bridgehead atoms. The van der Waals surface area contributed by atoms with Gasteiger partial charge in [-0.1, -0.05) is 12.1 Å². The fraction of sp³-hybridized carbons (Fsp3) is 0.333. The van der Waals surface area contributed by atoms with Crippen LogP contribution in [-0.2, 0) is 11.2 Å². The van der Waals surface area contributed by atoms with Crippen LogP contribution in [0.5, 0.6) is 0 Å². The van der Waals surface area contributed by atoms with E-state index in [1.165, 1.54) is 23.5 Å². The Bertz CT molecular complexity index is 645. The van der Waals surface area contributed by atoms with E-state index in [0.29, 0.717) is 11.6 Å². The molecule has 2 rings (SSSR count). The molecule has 0 spiro atoms. The lowest BCUT2D eigenvalue weighted by atomic mass is 10.1. The summed E-state index contributed by atoms with van der Waals surface area (Å²) in [5, 5.41) is 3.31. The van der Waals surface area contributed by atoms with Crippen LogP contribution >= 0.6 is 23.7 Å². The van der Waals surface area contributed by atoms with E-state index in [0.717, 1.165) is 16.1 Å². The standard InChI is InChI=1S/C15H18FN3OS.ClH/c1-9(17)6-14(20)19-15-18-10(2)13(21-15)8-11-4-3-5-12(16)7-11;/h3-5,7,9H,6,8,17H2,1-2H3,(H,18,19,20);1H. The summed E-state index contributed by atoms with van der Waals surface area (Å²) < 4.78 is 13.2. The lowest BCUT2D eigenvalue weighted by molar-refractivity contribution is -0.116. The summed E-state index contributed by atoms with van der Waals surface area (Å²) in [6.45, 7) is 3.66. The van der Waals surface area contributed by atoms with Gasteiger partial charge in [0.15, 0.2) is 5.13 Å². The molecule has 1 unspecified atom stereocenters. The number of hydrogen-bond donors (Lipinski definition) is 2. The Labute approximate surface area is 139 Å². The Morgan fingerprint density at radius 3 is 2.86 bits per heavy atom. The molecule has 3 N–H and O–H groups in total. The number of benzene rings is 1. The molecule has 0 saturated carbocycles. The predicted octanol–water partition coefficient (Wildman–Crippen LogP) is 3.28. The first-order valence-electron chi connectivity index (χ1n) is 6.70. The fourth-order valence-corrected chi connectivity index (χ4v) is 2.95. The van der Waals surface area contributed by atoms with E-state index in [-0.39, 0.29) is 36.6 Å². The lowest BCUT2D eigenvalue weighted by Crippen LogP contribution is -2.23. The van der Waals surface area contributed by atoms with Crippen LogP contribution in [0.3, 0.4) is 0 Å². The average Bonchev–Trinajstić information content (AvgIpc) is 2.68. The van der Waals surface area contributed by atoms with Gasteiger partial charge in [-0.2, -0.15) is 0 Å². The van der Waals surface area contributed by atoms with Gasteiger partial charge in [-0.25, -0.2) is 9.37 Å². The highest BCUT2D eigenvalue weighted by atomic mass is 35.5. The van der Waals surface area contributed by atoms with E-state index in [1.807, 2.05) is 13.0 Å². The number of aromatic nitrogens is 1. The second-order valence-corrected chi connectivity index (χ2v) is 6.15. The van der Waals surface area contributed by atoms with Crippen LogP contribution in [0.2, 0.25) is 0 Å². The maximum absolute atomic E-state index is 13.2. The fourth-order valence-electron chi connectivity index (χ4n) is 1.94. The lowest BCUT2D eigenvalue weighted by Gasteiger charge is -2.03. The van der Waals surface area contributed by atoms with Crippen LogP contribution in [-0.4, -0.2) is 16.9 Å². The number of rotatable bonds is 5. The zero-order chi connectivity index (χ0) is 15.4. The number of nitrogens with zero attached hydrogens (tertiary/aromatic N) is 1. The Balaban J connectivity index is 0.00000242. The molecule has 1 amide bonds. The Kier molecular flexibility index (Phi) is 6.93. The molecule has 0 aliphatic rings. The van der Waals surface area contributed by atoms with E-state index in [1.54, 1.807) is 13.0 Å². The molecule has 1 aromatic heterocycles. The first-order valence-corrected chi connectivity index (χ1v) is 7.52. The minimum Gasteiger partial charge on any atom is -0.327 e. The molecule has 120 valence electrons. The maximum Gasteiger partial charge on any atom is 0.227 e. The van der Waals surface area contributed by atoms with Crippen LogP contribution < -0.4 is 11.1 Å². The van der Waals surface area contributed by atoms with E-state index < -0.39 is 0 Å². The van der Waals surface area contributed by atoms with Crippen molar-refractivity contribution in [2.45, 2.75) is 32.7 Å². The largest absolute Gasteiger partial charge is 0.327 e. The number of halogens is 2. The van der Waals surface area contributed by atoms with Gasteiger partial charge in [0.1, 0.15) is 5.82 Å². The van der Waals surface area contributed by atoms with Crippen LogP contribution in [0.4, 0.5) is 9.52 Å². The molecule has 1 atom stereocenters. The molecule has 2 aromatic rings. The number of carbonyl (C=O) groups excluding carboxylic acids is 1. The first kappa shape index (κ1) is 18.5. The van der Waals surface area contributed by atoms with Gasteiger partial charge in [0.05, 0.1) is 5.69 Å². The highest BCUT2D eigenvalue weighted by Crippen LogP contribution is 2.25. The molecule has 1 aromatic carbocycles. The molecule has 22 heavy (non-hydrogen) atoms. The van der Waals surface area contributed by atoms with Gasteiger partial charge in [0, 0.05) is 23.8 Å². The summed E-state index contributed by atoms with van der Waals surface area (Å²) in [7, 11) is 0. The number of nitrogens with two attached hydrogens (primary N) is 1. The molecule has 0 aliphatic carbocycles. The monoisotopic (exact) mass is 343 g/mol. The Morgan fingerprint density at radius 1 is 1.50 bits per heavy atom. The number of anilines is 1. The van der Waals surface area contributed by atoms with Crippen molar-refractivity contribution in [1.29, 1.82) is 0 Å². The summed E-state index contributed by atoms with van der Waals surface area (Å²) in [6.07, 6.45) is 0.863. The van der Waals surface area contributed by atoms with E-state index >= 15 is 0 Å². The Hall–Kier alpha value is -1.50. The van der Waals surface area contributed by atoms with Gasteiger partial charge in [0.2, 0.25) is 5.91 Å². The van der Waals surface area contributed by atoms with E-state index in [9.17, 15) is 9.18 Å². The third-order valence-electron chi connectivity index (χ3n) is 2.90. The van der Waals surface area contributed by atoms with Crippen LogP contribution in [0.1, 0.15) is 29.5 Å². The molecule has 0 radical (unpaired) electrons. The summed E-state index contributed by atoms with van der Waals surface area (Å²) in [5.74, 6) is -0.392. The molecular weight excluding hydrogens is 325 g/mol. The van der Waals surface area contributed by atoms with Crippen LogP contribution in [0, 0.1) is 12.7 Å². The Morgan fingerprint density at radius 2 is 2.23 bits per heavy atom. The van der Waals surface area contributed by atoms with Crippen molar-refractivity contribution in [1.82, 2.24) is 4.98 Å². The molecule has 0 aliphatic heterocycles. The normalized spacial score (nSPS) is 11.6. The average molecular weight is 344 g/mol. The third kappa shape index (κ3) is 5.36. The molecule has 4 nitrogen and oxygen atoms in total. The topological polar surface area (TPSA) is 68.0 Å². The quantitative estimate of drug-likeness (QED) is 0.875. The molecule has 0 saturated heterocycles. The maximum atomic E-state index is 13.2. The smallest absolute Gasteiger partial charge is 0.227 e. The van der Waals surface area contributed by atoms with Gasteiger partial charge in [-0.3, -0.25) is 4.79 Å². The predicted molar refractivity (Wildman–Crippen MR) is 90.2 cm³/mol. The van der Waals surface area contributed by atoms with Gasteiger partial charge in [-0.05, 0) is 31.5 Å². The molecule has 7 heteroatoms. The highest BCUT2D eigenvalue weighted by molar-refractivity contribution is 7.15. The summed E-state index contributed by atoms with van der Waals surface area (Å²) in [6, 6.07) is 6.30. The number of carbonyl (C=O) groups is 1. The molecule has 1 heterocycles. The van der Waals surface area contributed by atoms with Crippen molar-refractivity contribution in [2.24, 2.45) is 5.73 Å². The minimum atomic E-state index is -0.250. The summed E-state index contributed by atoms with van der Waals surface area (Å²) in [5.41, 5.74) is 7.32. The van der Waals surface area contributed by atoms with E-state index in [4.69, 9.17) is 5.73 Å². The minimum absolute atomic E-state index is 0. The molecule has 0 fully saturated rings.